The topological polar surface area (TPSA) is 69.7 Å². The number of carbonyl (C=O) groups is 3. The van der Waals surface area contributed by atoms with Crippen LogP contribution >= 0.6 is 0 Å². The van der Waals surface area contributed by atoms with E-state index >= 15 is 0 Å². The van der Waals surface area contributed by atoms with Gasteiger partial charge in [-0.1, -0.05) is 6.07 Å². The molecule has 0 unspecified atom stereocenters. The molecule has 1 aliphatic heterocycles. The van der Waals surface area contributed by atoms with Crippen LogP contribution in [0.15, 0.2) is 18.2 Å². The van der Waals surface area contributed by atoms with Gasteiger partial charge in [-0.15, -0.1) is 0 Å². The maximum Gasteiger partial charge on any atom is 0.227 e. The zero-order valence-electron chi connectivity index (χ0n) is 17.2. The highest BCUT2D eigenvalue weighted by atomic mass is 16.2. The molecule has 2 aliphatic rings. The Morgan fingerprint density at radius 1 is 0.821 bits per heavy atom. The van der Waals surface area contributed by atoms with Crippen LogP contribution < -0.4 is 5.32 Å². The standard InChI is InChI=1S/C22H31N3O3/c1-15-12-16(2)14-20(13-15)23-21(27)18-4-6-19(7-5-18)22(28)25-10-8-24(9-11-25)17(3)26/h12-14,18-19H,4-11H2,1-3H3,(H,23,27). The number of nitrogens with one attached hydrogen (secondary N) is 1. The molecule has 3 rings (SSSR count). The second-order valence-electron chi connectivity index (χ2n) is 8.25. The van der Waals surface area contributed by atoms with Crippen LogP contribution in [0.4, 0.5) is 5.69 Å². The minimum atomic E-state index is -0.0283. The average Bonchev–Trinajstić information content (AvgIpc) is 2.66. The summed E-state index contributed by atoms with van der Waals surface area (Å²) in [6.45, 7) is 8.09. The Balaban J connectivity index is 1.48. The summed E-state index contributed by atoms with van der Waals surface area (Å²) >= 11 is 0. The second kappa shape index (κ2) is 8.76. The Morgan fingerprint density at radius 3 is 1.86 bits per heavy atom. The molecular weight excluding hydrogens is 354 g/mol. The highest BCUT2D eigenvalue weighted by Crippen LogP contribution is 2.31. The van der Waals surface area contributed by atoms with Crippen molar-refractivity contribution in [1.29, 1.82) is 0 Å². The highest BCUT2D eigenvalue weighted by molar-refractivity contribution is 5.93. The van der Waals surface area contributed by atoms with Crippen LogP contribution in [0.1, 0.15) is 43.7 Å². The van der Waals surface area contributed by atoms with Crippen LogP contribution in [-0.2, 0) is 14.4 Å². The third-order valence-corrected chi connectivity index (χ3v) is 5.97. The minimum absolute atomic E-state index is 0.00847. The van der Waals surface area contributed by atoms with E-state index in [-0.39, 0.29) is 29.6 Å². The maximum atomic E-state index is 12.8. The van der Waals surface area contributed by atoms with Crippen molar-refractivity contribution in [1.82, 2.24) is 9.80 Å². The second-order valence-corrected chi connectivity index (χ2v) is 8.25. The van der Waals surface area contributed by atoms with E-state index in [1.165, 1.54) is 0 Å². The Kier molecular flexibility index (Phi) is 6.37. The van der Waals surface area contributed by atoms with Gasteiger partial charge in [-0.25, -0.2) is 0 Å². The molecule has 0 bridgehead atoms. The third-order valence-electron chi connectivity index (χ3n) is 5.97. The lowest BCUT2D eigenvalue weighted by atomic mass is 9.80. The van der Waals surface area contributed by atoms with Crippen LogP contribution in [0.2, 0.25) is 0 Å². The molecule has 0 aromatic heterocycles. The van der Waals surface area contributed by atoms with Gasteiger partial charge in [0.05, 0.1) is 0 Å². The lowest BCUT2D eigenvalue weighted by Crippen LogP contribution is -2.51. The quantitative estimate of drug-likeness (QED) is 0.870. The molecule has 28 heavy (non-hydrogen) atoms. The van der Waals surface area contributed by atoms with Gasteiger partial charge in [-0.3, -0.25) is 14.4 Å². The lowest BCUT2D eigenvalue weighted by molar-refractivity contribution is -0.142. The number of rotatable bonds is 3. The fraction of sp³-hybridized carbons (Fsp3) is 0.591. The van der Waals surface area contributed by atoms with Gasteiger partial charge in [-0.05, 0) is 62.8 Å². The maximum absolute atomic E-state index is 12.8. The summed E-state index contributed by atoms with van der Waals surface area (Å²) in [5.41, 5.74) is 3.12. The molecule has 6 nitrogen and oxygen atoms in total. The molecule has 0 radical (unpaired) electrons. The van der Waals surface area contributed by atoms with E-state index in [1.807, 2.05) is 30.9 Å². The van der Waals surface area contributed by atoms with E-state index in [0.29, 0.717) is 26.2 Å². The molecule has 3 amide bonds. The van der Waals surface area contributed by atoms with Gasteiger partial charge in [-0.2, -0.15) is 0 Å². The van der Waals surface area contributed by atoms with Crippen molar-refractivity contribution in [2.45, 2.75) is 46.5 Å². The van der Waals surface area contributed by atoms with Gasteiger partial charge in [0.1, 0.15) is 0 Å². The first-order valence-corrected chi connectivity index (χ1v) is 10.3. The van der Waals surface area contributed by atoms with Gasteiger partial charge < -0.3 is 15.1 Å². The molecule has 6 heteroatoms. The summed E-state index contributed by atoms with van der Waals surface area (Å²) in [6, 6.07) is 6.06. The number of carbonyl (C=O) groups excluding carboxylic acids is 3. The zero-order chi connectivity index (χ0) is 20.3. The SMILES string of the molecule is CC(=O)N1CCN(C(=O)C2CCC(C(=O)Nc3cc(C)cc(C)c3)CC2)CC1. The smallest absolute Gasteiger partial charge is 0.227 e. The molecule has 1 saturated heterocycles. The highest BCUT2D eigenvalue weighted by Gasteiger charge is 2.33. The van der Waals surface area contributed by atoms with Crippen LogP contribution in [-0.4, -0.2) is 53.7 Å². The average molecular weight is 386 g/mol. The van der Waals surface area contributed by atoms with E-state index in [9.17, 15) is 14.4 Å². The zero-order valence-corrected chi connectivity index (χ0v) is 17.2. The Labute approximate surface area is 167 Å². The summed E-state index contributed by atoms with van der Waals surface area (Å²) in [4.78, 5) is 40.5. The molecule has 1 saturated carbocycles. The normalized spacial score (nSPS) is 22.7. The molecule has 1 heterocycles. The van der Waals surface area contributed by atoms with E-state index < -0.39 is 0 Å². The molecule has 0 spiro atoms. The number of anilines is 1. The Bertz CT molecular complexity index is 725. The largest absolute Gasteiger partial charge is 0.339 e. The number of aryl methyl sites for hydroxylation is 2. The van der Waals surface area contributed by atoms with Crippen LogP contribution in [0.5, 0.6) is 0 Å². The van der Waals surface area contributed by atoms with E-state index in [1.54, 1.807) is 11.8 Å². The molecule has 1 N–H and O–H groups in total. The number of hydrogen-bond donors (Lipinski definition) is 1. The fourth-order valence-electron chi connectivity index (χ4n) is 4.39. The molecule has 2 fully saturated rings. The number of amides is 3. The van der Waals surface area contributed by atoms with Crippen LogP contribution in [0.25, 0.3) is 0 Å². The summed E-state index contributed by atoms with van der Waals surface area (Å²) in [6.07, 6.45) is 3.02. The molecular formula is C22H31N3O3. The number of hydrogen-bond acceptors (Lipinski definition) is 3. The number of piperazine rings is 1. The molecule has 1 aromatic carbocycles. The van der Waals surface area contributed by atoms with Crippen molar-refractivity contribution in [3.05, 3.63) is 29.3 Å². The predicted molar refractivity (Wildman–Crippen MR) is 109 cm³/mol. The van der Waals surface area contributed by atoms with Crippen LogP contribution in [0, 0.1) is 25.7 Å². The molecule has 1 aromatic rings. The van der Waals surface area contributed by atoms with Gasteiger partial charge in [0, 0.05) is 50.6 Å². The Morgan fingerprint density at radius 2 is 1.32 bits per heavy atom. The van der Waals surface area contributed by atoms with Gasteiger partial charge >= 0.3 is 0 Å². The predicted octanol–water partition coefficient (Wildman–Crippen LogP) is 2.74. The monoisotopic (exact) mass is 385 g/mol. The van der Waals surface area contributed by atoms with E-state index in [2.05, 4.69) is 11.4 Å². The first kappa shape index (κ1) is 20.4. The van der Waals surface area contributed by atoms with Crippen molar-refractivity contribution >= 4 is 23.4 Å². The van der Waals surface area contributed by atoms with Crippen molar-refractivity contribution < 1.29 is 14.4 Å². The van der Waals surface area contributed by atoms with Crippen molar-refractivity contribution in [3.8, 4) is 0 Å². The van der Waals surface area contributed by atoms with Crippen molar-refractivity contribution in [2.75, 3.05) is 31.5 Å². The first-order valence-electron chi connectivity index (χ1n) is 10.3. The van der Waals surface area contributed by atoms with Crippen molar-refractivity contribution in [2.24, 2.45) is 11.8 Å². The van der Waals surface area contributed by atoms with E-state index in [0.717, 1.165) is 42.5 Å². The number of benzene rings is 1. The minimum Gasteiger partial charge on any atom is -0.339 e. The fourth-order valence-corrected chi connectivity index (χ4v) is 4.39. The van der Waals surface area contributed by atoms with Gasteiger partial charge in [0.15, 0.2) is 0 Å². The molecule has 152 valence electrons. The van der Waals surface area contributed by atoms with Crippen LogP contribution in [0.3, 0.4) is 0 Å². The summed E-state index contributed by atoms with van der Waals surface area (Å²) in [7, 11) is 0. The molecule has 0 atom stereocenters. The molecule has 1 aliphatic carbocycles. The summed E-state index contributed by atoms with van der Waals surface area (Å²) in [5.74, 6) is 0.304. The summed E-state index contributed by atoms with van der Waals surface area (Å²) < 4.78 is 0. The van der Waals surface area contributed by atoms with Gasteiger partial charge in [0.2, 0.25) is 17.7 Å². The number of nitrogens with zero attached hydrogens (tertiary/aromatic N) is 2. The lowest BCUT2D eigenvalue weighted by Gasteiger charge is -2.37. The summed E-state index contributed by atoms with van der Waals surface area (Å²) in [5, 5.41) is 3.04. The first-order chi connectivity index (χ1) is 13.3. The van der Waals surface area contributed by atoms with Gasteiger partial charge in [0.25, 0.3) is 0 Å². The van der Waals surface area contributed by atoms with Crippen molar-refractivity contribution in [3.63, 3.8) is 0 Å². The Hall–Kier alpha value is -2.37. The third kappa shape index (κ3) is 4.91. The van der Waals surface area contributed by atoms with E-state index in [4.69, 9.17) is 0 Å².